The van der Waals surface area contributed by atoms with E-state index in [2.05, 4.69) is 4.89 Å². The molecule has 0 amide bonds. The normalized spacial score (nSPS) is 14.7. The van der Waals surface area contributed by atoms with Crippen LogP contribution in [0.1, 0.15) is 33.6 Å². The Morgan fingerprint density at radius 2 is 2.00 bits per heavy atom. The van der Waals surface area contributed by atoms with Crippen molar-refractivity contribution >= 4 is 5.97 Å². The van der Waals surface area contributed by atoms with Gasteiger partial charge in [-0.3, -0.25) is 5.26 Å². The van der Waals surface area contributed by atoms with E-state index >= 15 is 0 Å². The van der Waals surface area contributed by atoms with Gasteiger partial charge in [0.2, 0.25) is 0 Å². The van der Waals surface area contributed by atoms with Crippen molar-refractivity contribution in [1.29, 1.82) is 0 Å². The number of carboxylic acid groups (broad SMARTS) is 1. The molecule has 0 aliphatic rings. The van der Waals surface area contributed by atoms with Gasteiger partial charge in [-0.2, -0.15) is 0 Å². The van der Waals surface area contributed by atoms with Gasteiger partial charge in [-0.25, -0.2) is 4.89 Å². The first-order valence-electron chi connectivity index (χ1n) is 5.96. The van der Waals surface area contributed by atoms with E-state index < -0.39 is 5.97 Å². The van der Waals surface area contributed by atoms with Crippen molar-refractivity contribution in [2.24, 2.45) is 5.41 Å². The fourth-order valence-electron chi connectivity index (χ4n) is 1.71. The molecule has 0 aromatic carbocycles. The van der Waals surface area contributed by atoms with Crippen LogP contribution >= 0.6 is 0 Å². The molecule has 0 radical (unpaired) electrons. The summed E-state index contributed by atoms with van der Waals surface area (Å²) in [6, 6.07) is 0. The van der Waals surface area contributed by atoms with Crippen molar-refractivity contribution in [2.75, 3.05) is 27.2 Å². The minimum atomic E-state index is -1.06. The smallest absolute Gasteiger partial charge is 0.119 e. The molecule has 0 aliphatic carbocycles. The lowest BCUT2D eigenvalue weighted by Crippen LogP contribution is -2.50. The van der Waals surface area contributed by atoms with Crippen LogP contribution in [-0.2, 0) is 9.68 Å². The fourth-order valence-corrected chi connectivity index (χ4v) is 1.71. The van der Waals surface area contributed by atoms with Crippen molar-refractivity contribution in [3.63, 3.8) is 0 Å². The topological polar surface area (TPSA) is 69.6 Å². The zero-order chi connectivity index (χ0) is 13.7. The van der Waals surface area contributed by atoms with Gasteiger partial charge in [0, 0.05) is 6.42 Å². The van der Waals surface area contributed by atoms with Crippen molar-refractivity contribution in [3.8, 4) is 0 Å². The number of rotatable bonds is 8. The van der Waals surface area contributed by atoms with Crippen molar-refractivity contribution in [1.82, 2.24) is 0 Å². The van der Waals surface area contributed by atoms with Crippen LogP contribution in [0.4, 0.5) is 0 Å². The lowest BCUT2D eigenvalue weighted by atomic mass is 9.82. The van der Waals surface area contributed by atoms with Crippen LogP contribution in [0.25, 0.3) is 0 Å². The molecule has 0 spiro atoms. The van der Waals surface area contributed by atoms with Crippen LogP contribution in [0, 0.1) is 5.41 Å². The second-order valence-corrected chi connectivity index (χ2v) is 5.91. The summed E-state index contributed by atoms with van der Waals surface area (Å²) in [6.07, 6.45) is 1.20. The summed E-state index contributed by atoms with van der Waals surface area (Å²) in [4.78, 5) is 15.1. The van der Waals surface area contributed by atoms with Gasteiger partial charge in [-0.05, 0) is 11.8 Å². The van der Waals surface area contributed by atoms with Gasteiger partial charge in [0.05, 0.1) is 26.6 Å². The van der Waals surface area contributed by atoms with Gasteiger partial charge in [0.1, 0.15) is 12.6 Å². The average molecular weight is 247 g/mol. The third kappa shape index (κ3) is 6.00. The van der Waals surface area contributed by atoms with Gasteiger partial charge in [-0.1, -0.05) is 20.8 Å². The van der Waals surface area contributed by atoms with Gasteiger partial charge in [0.15, 0.2) is 0 Å². The SMILES string of the molecule is CCC(C)(C)C(CC[N+](C)(C)CC(=O)[O-])OO. The van der Waals surface area contributed by atoms with E-state index in [1.54, 1.807) is 0 Å². The Morgan fingerprint density at radius 3 is 2.35 bits per heavy atom. The van der Waals surface area contributed by atoms with Gasteiger partial charge in [-0.15, -0.1) is 0 Å². The number of aliphatic carboxylic acids is 1. The maximum absolute atomic E-state index is 10.6. The molecule has 0 rings (SSSR count). The fraction of sp³-hybridized carbons (Fsp3) is 0.917. The molecule has 0 aromatic heterocycles. The molecular weight excluding hydrogens is 222 g/mol. The summed E-state index contributed by atoms with van der Waals surface area (Å²) in [5.74, 6) is -1.06. The molecule has 5 heteroatoms. The third-order valence-corrected chi connectivity index (χ3v) is 3.46. The number of quaternary nitrogens is 1. The van der Waals surface area contributed by atoms with Crippen LogP contribution < -0.4 is 5.11 Å². The van der Waals surface area contributed by atoms with Crippen LogP contribution in [0.15, 0.2) is 0 Å². The first-order chi connectivity index (χ1) is 7.64. The van der Waals surface area contributed by atoms with Crippen LogP contribution in [0.2, 0.25) is 0 Å². The minimum absolute atomic E-state index is 0.0370. The maximum Gasteiger partial charge on any atom is 0.119 e. The maximum atomic E-state index is 10.6. The minimum Gasteiger partial charge on any atom is -0.544 e. The number of carbonyl (C=O) groups is 1. The average Bonchev–Trinajstić information content (AvgIpc) is 2.16. The second-order valence-electron chi connectivity index (χ2n) is 5.91. The van der Waals surface area contributed by atoms with E-state index in [1.165, 1.54) is 0 Å². The number of carboxylic acids is 1. The summed E-state index contributed by atoms with van der Waals surface area (Å²) < 4.78 is 0.321. The largest absolute Gasteiger partial charge is 0.544 e. The summed E-state index contributed by atoms with van der Waals surface area (Å²) in [5.41, 5.74) is -0.129. The Labute approximate surface area is 104 Å². The molecule has 0 aromatic rings. The van der Waals surface area contributed by atoms with Crippen LogP contribution in [0.3, 0.4) is 0 Å². The van der Waals surface area contributed by atoms with E-state index in [1.807, 2.05) is 34.9 Å². The van der Waals surface area contributed by atoms with Gasteiger partial charge < -0.3 is 14.4 Å². The molecule has 0 saturated heterocycles. The van der Waals surface area contributed by atoms with Crippen LogP contribution in [-0.4, -0.2) is 49.0 Å². The predicted molar refractivity (Wildman–Crippen MR) is 63.0 cm³/mol. The summed E-state index contributed by atoms with van der Waals surface area (Å²) in [6.45, 7) is 6.65. The number of carbonyl (C=O) groups excluding carboxylic acids is 1. The molecule has 17 heavy (non-hydrogen) atoms. The zero-order valence-corrected chi connectivity index (χ0v) is 11.5. The molecule has 1 N–H and O–H groups in total. The lowest BCUT2D eigenvalue weighted by molar-refractivity contribution is -0.885. The highest BCUT2D eigenvalue weighted by molar-refractivity contribution is 5.65. The molecule has 0 saturated carbocycles. The number of hydrogen-bond acceptors (Lipinski definition) is 4. The Bertz CT molecular complexity index is 251. The molecule has 1 atom stereocenters. The Morgan fingerprint density at radius 1 is 1.47 bits per heavy atom. The Kier molecular flexibility index (Phi) is 6.09. The number of nitrogens with zero attached hydrogens (tertiary/aromatic N) is 1. The molecule has 0 heterocycles. The molecule has 1 unspecified atom stereocenters. The summed E-state index contributed by atoms with van der Waals surface area (Å²) in [5, 5.41) is 19.5. The molecule has 0 fully saturated rings. The highest BCUT2D eigenvalue weighted by Gasteiger charge is 2.31. The van der Waals surface area contributed by atoms with Crippen molar-refractivity contribution < 1.29 is 24.5 Å². The van der Waals surface area contributed by atoms with Gasteiger partial charge >= 0.3 is 0 Å². The molecular formula is C12H25NO4. The summed E-state index contributed by atoms with van der Waals surface area (Å²) >= 11 is 0. The molecule has 5 nitrogen and oxygen atoms in total. The van der Waals surface area contributed by atoms with E-state index in [0.29, 0.717) is 17.4 Å². The van der Waals surface area contributed by atoms with Crippen LogP contribution in [0.5, 0.6) is 0 Å². The molecule has 0 bridgehead atoms. The van der Waals surface area contributed by atoms with E-state index in [4.69, 9.17) is 5.26 Å². The van der Waals surface area contributed by atoms with E-state index in [-0.39, 0.29) is 18.1 Å². The first-order valence-corrected chi connectivity index (χ1v) is 5.96. The molecule has 102 valence electrons. The highest BCUT2D eigenvalue weighted by atomic mass is 17.1. The number of hydrogen-bond donors (Lipinski definition) is 1. The Balaban J connectivity index is 4.37. The van der Waals surface area contributed by atoms with Crippen molar-refractivity contribution in [2.45, 2.75) is 39.7 Å². The quantitative estimate of drug-likeness (QED) is 0.385. The highest BCUT2D eigenvalue weighted by Crippen LogP contribution is 2.29. The first kappa shape index (κ1) is 16.4. The van der Waals surface area contributed by atoms with E-state index in [9.17, 15) is 9.90 Å². The third-order valence-electron chi connectivity index (χ3n) is 3.46. The predicted octanol–water partition coefficient (Wildman–Crippen LogP) is 0.497. The van der Waals surface area contributed by atoms with Gasteiger partial charge in [0.25, 0.3) is 0 Å². The molecule has 0 aliphatic heterocycles. The second kappa shape index (κ2) is 6.33. The monoisotopic (exact) mass is 247 g/mol. The Hall–Kier alpha value is -0.650. The van der Waals surface area contributed by atoms with Crippen molar-refractivity contribution in [3.05, 3.63) is 0 Å². The van der Waals surface area contributed by atoms with E-state index in [0.717, 1.165) is 6.42 Å². The summed E-state index contributed by atoms with van der Waals surface area (Å²) in [7, 11) is 3.65. The standard InChI is InChI=1S/C12H25NO4/c1-6-12(2,3)10(17-16)7-8-13(4,5)9-11(14)15/h10H,6-9H2,1-5H3,(H-,14,15,16). The number of likely N-dealkylation sites (N-methyl/N-ethyl adjacent to an activating group) is 1. The zero-order valence-electron chi connectivity index (χ0n) is 11.5. The lowest BCUT2D eigenvalue weighted by Gasteiger charge is -2.35.